The number of aryl methyl sites for hydroxylation is 2. The van der Waals surface area contributed by atoms with Crippen LogP contribution in [0.2, 0.25) is 0 Å². The Hall–Kier alpha value is -1.90. The van der Waals surface area contributed by atoms with Crippen molar-refractivity contribution in [1.29, 1.82) is 0 Å². The van der Waals surface area contributed by atoms with Crippen LogP contribution < -0.4 is 4.90 Å². The van der Waals surface area contributed by atoms with Gasteiger partial charge in [-0.3, -0.25) is 4.98 Å². The van der Waals surface area contributed by atoms with Gasteiger partial charge in [-0.05, 0) is 30.9 Å². The van der Waals surface area contributed by atoms with Crippen LogP contribution in [0.25, 0.3) is 0 Å². The summed E-state index contributed by atoms with van der Waals surface area (Å²) in [6.45, 7) is 3.98. The van der Waals surface area contributed by atoms with Crippen molar-refractivity contribution in [3.05, 3.63) is 53.5 Å². The van der Waals surface area contributed by atoms with Crippen molar-refractivity contribution >= 4 is 5.82 Å². The molecule has 2 heterocycles. The molecule has 92 valence electrons. The van der Waals surface area contributed by atoms with Gasteiger partial charge in [0.2, 0.25) is 0 Å². The molecule has 0 atom stereocenters. The van der Waals surface area contributed by atoms with Crippen LogP contribution in [0, 0.1) is 6.92 Å². The van der Waals surface area contributed by atoms with E-state index in [-0.39, 0.29) is 0 Å². The number of anilines is 1. The molecule has 1 aromatic carbocycles. The number of nitrogens with zero attached hydrogens (tertiary/aromatic N) is 3. The summed E-state index contributed by atoms with van der Waals surface area (Å²) in [5, 5.41) is 0. The number of aromatic nitrogens is 2. The van der Waals surface area contributed by atoms with Crippen LogP contribution in [0.1, 0.15) is 23.2 Å². The van der Waals surface area contributed by atoms with E-state index in [1.165, 1.54) is 17.5 Å². The van der Waals surface area contributed by atoms with E-state index in [0.717, 1.165) is 31.0 Å². The number of benzene rings is 1. The molecule has 3 rings (SSSR count). The van der Waals surface area contributed by atoms with Gasteiger partial charge in [-0.2, -0.15) is 0 Å². The van der Waals surface area contributed by atoms with Gasteiger partial charge in [0.15, 0.2) is 0 Å². The Kier molecular flexibility index (Phi) is 2.97. The van der Waals surface area contributed by atoms with Crippen molar-refractivity contribution in [3.8, 4) is 0 Å². The zero-order chi connectivity index (χ0) is 12.4. The molecule has 2 aromatic rings. The second kappa shape index (κ2) is 4.77. The first-order chi connectivity index (χ1) is 8.83. The van der Waals surface area contributed by atoms with Crippen LogP contribution in [0.15, 0.2) is 36.7 Å². The number of fused-ring (bicyclic) bond motifs is 1. The van der Waals surface area contributed by atoms with Crippen LogP contribution >= 0.6 is 0 Å². The molecule has 0 fully saturated rings. The molecule has 0 unspecified atom stereocenters. The maximum Gasteiger partial charge on any atom is 0.147 e. The first-order valence-electron chi connectivity index (χ1n) is 6.43. The van der Waals surface area contributed by atoms with Crippen molar-refractivity contribution in [2.45, 2.75) is 26.3 Å². The van der Waals surface area contributed by atoms with E-state index < -0.39 is 0 Å². The highest BCUT2D eigenvalue weighted by Gasteiger charge is 2.15. The Balaban J connectivity index is 1.91. The standard InChI is InChI=1S/C15H17N3/c1-12-9-16-10-15(17-12)18-8-4-7-13-5-2-3-6-14(13)11-18/h2-3,5-6,9-10H,4,7-8,11H2,1H3. The third-order valence-electron chi connectivity index (χ3n) is 3.42. The largest absolute Gasteiger partial charge is 0.351 e. The van der Waals surface area contributed by atoms with E-state index >= 15 is 0 Å². The fourth-order valence-corrected chi connectivity index (χ4v) is 2.50. The predicted octanol–water partition coefficient (Wildman–Crippen LogP) is 2.74. The number of hydrogen-bond acceptors (Lipinski definition) is 3. The van der Waals surface area contributed by atoms with Crippen molar-refractivity contribution in [2.24, 2.45) is 0 Å². The lowest BCUT2D eigenvalue weighted by Crippen LogP contribution is -2.23. The van der Waals surface area contributed by atoms with Crippen molar-refractivity contribution in [1.82, 2.24) is 9.97 Å². The molecule has 0 aliphatic carbocycles. The average Bonchev–Trinajstić information content (AvgIpc) is 2.60. The minimum atomic E-state index is 0.939. The van der Waals surface area contributed by atoms with Crippen LogP contribution in [0.5, 0.6) is 0 Å². The summed E-state index contributed by atoms with van der Waals surface area (Å²) in [5.41, 5.74) is 3.86. The molecule has 18 heavy (non-hydrogen) atoms. The van der Waals surface area contributed by atoms with E-state index in [1.807, 2.05) is 13.1 Å². The molecule has 0 bridgehead atoms. The third-order valence-corrected chi connectivity index (χ3v) is 3.42. The lowest BCUT2D eigenvalue weighted by molar-refractivity contribution is 0.750. The third kappa shape index (κ3) is 2.21. The Bertz CT molecular complexity index is 551. The van der Waals surface area contributed by atoms with Gasteiger partial charge in [0, 0.05) is 19.3 Å². The van der Waals surface area contributed by atoms with Crippen LogP contribution in [0.3, 0.4) is 0 Å². The second-order valence-corrected chi connectivity index (χ2v) is 4.81. The molecular weight excluding hydrogens is 222 g/mol. The monoisotopic (exact) mass is 239 g/mol. The Morgan fingerprint density at radius 1 is 1.11 bits per heavy atom. The van der Waals surface area contributed by atoms with Gasteiger partial charge in [-0.25, -0.2) is 4.98 Å². The quantitative estimate of drug-likeness (QED) is 0.766. The van der Waals surface area contributed by atoms with E-state index in [0.29, 0.717) is 0 Å². The average molecular weight is 239 g/mol. The smallest absolute Gasteiger partial charge is 0.147 e. The molecule has 0 radical (unpaired) electrons. The molecule has 3 heteroatoms. The summed E-state index contributed by atoms with van der Waals surface area (Å²) >= 11 is 0. The SMILES string of the molecule is Cc1cncc(N2CCCc3ccccc3C2)n1. The highest BCUT2D eigenvalue weighted by atomic mass is 15.2. The maximum atomic E-state index is 4.57. The number of rotatable bonds is 1. The van der Waals surface area contributed by atoms with Crippen LogP contribution in [-0.2, 0) is 13.0 Å². The summed E-state index contributed by atoms with van der Waals surface area (Å²) in [6.07, 6.45) is 5.99. The predicted molar refractivity (Wildman–Crippen MR) is 72.6 cm³/mol. The molecule has 0 amide bonds. The molecule has 1 aliphatic heterocycles. The summed E-state index contributed by atoms with van der Waals surface area (Å²) in [7, 11) is 0. The summed E-state index contributed by atoms with van der Waals surface area (Å²) in [4.78, 5) is 11.1. The molecule has 1 aromatic heterocycles. The zero-order valence-corrected chi connectivity index (χ0v) is 10.6. The molecule has 3 nitrogen and oxygen atoms in total. The molecule has 0 saturated carbocycles. The first-order valence-corrected chi connectivity index (χ1v) is 6.43. The van der Waals surface area contributed by atoms with Gasteiger partial charge < -0.3 is 4.90 Å². The maximum absolute atomic E-state index is 4.57. The van der Waals surface area contributed by atoms with Gasteiger partial charge >= 0.3 is 0 Å². The van der Waals surface area contributed by atoms with Crippen molar-refractivity contribution in [2.75, 3.05) is 11.4 Å². The van der Waals surface area contributed by atoms with Gasteiger partial charge in [-0.1, -0.05) is 24.3 Å². The lowest BCUT2D eigenvalue weighted by Gasteiger charge is -2.21. The normalized spacial score (nSPS) is 15.1. The van der Waals surface area contributed by atoms with Crippen LogP contribution in [0.4, 0.5) is 5.82 Å². The van der Waals surface area contributed by atoms with Crippen molar-refractivity contribution in [3.63, 3.8) is 0 Å². The van der Waals surface area contributed by atoms with Gasteiger partial charge in [0.1, 0.15) is 5.82 Å². The number of hydrogen-bond donors (Lipinski definition) is 0. The van der Waals surface area contributed by atoms with E-state index in [2.05, 4.69) is 39.1 Å². The highest BCUT2D eigenvalue weighted by molar-refractivity contribution is 5.41. The molecular formula is C15H17N3. The molecule has 1 aliphatic rings. The topological polar surface area (TPSA) is 29.0 Å². The summed E-state index contributed by atoms with van der Waals surface area (Å²) in [5.74, 6) is 0.992. The van der Waals surface area contributed by atoms with Gasteiger partial charge in [0.25, 0.3) is 0 Å². The lowest BCUT2D eigenvalue weighted by atomic mass is 10.0. The minimum Gasteiger partial charge on any atom is -0.351 e. The van der Waals surface area contributed by atoms with E-state index in [4.69, 9.17) is 0 Å². The summed E-state index contributed by atoms with van der Waals surface area (Å²) < 4.78 is 0. The Labute approximate surface area is 108 Å². The summed E-state index contributed by atoms with van der Waals surface area (Å²) in [6, 6.07) is 8.70. The Morgan fingerprint density at radius 3 is 2.78 bits per heavy atom. The minimum absolute atomic E-state index is 0.939. The van der Waals surface area contributed by atoms with Gasteiger partial charge in [-0.15, -0.1) is 0 Å². The first kappa shape index (κ1) is 11.2. The molecule has 0 saturated heterocycles. The fraction of sp³-hybridized carbons (Fsp3) is 0.333. The molecule has 0 spiro atoms. The molecule has 0 N–H and O–H groups in total. The highest BCUT2D eigenvalue weighted by Crippen LogP contribution is 2.22. The van der Waals surface area contributed by atoms with Crippen molar-refractivity contribution < 1.29 is 0 Å². The Morgan fingerprint density at radius 2 is 1.94 bits per heavy atom. The van der Waals surface area contributed by atoms with Crippen LogP contribution in [-0.4, -0.2) is 16.5 Å². The van der Waals surface area contributed by atoms with E-state index in [1.54, 1.807) is 6.20 Å². The zero-order valence-electron chi connectivity index (χ0n) is 10.6. The second-order valence-electron chi connectivity index (χ2n) is 4.81. The van der Waals surface area contributed by atoms with E-state index in [9.17, 15) is 0 Å². The fourth-order valence-electron chi connectivity index (χ4n) is 2.50. The van der Waals surface area contributed by atoms with Gasteiger partial charge in [0.05, 0.1) is 11.9 Å².